The molecular weight excluding hydrogens is 1540 g/mol. The third-order valence-electron chi connectivity index (χ3n) is 25.2. The maximum atomic E-state index is 4.90. The summed E-state index contributed by atoms with van der Waals surface area (Å²) in [7, 11) is 0. The van der Waals surface area contributed by atoms with Crippen molar-refractivity contribution in [2.45, 2.75) is 0 Å². The second-order valence-electron chi connectivity index (χ2n) is 32.2. The summed E-state index contributed by atoms with van der Waals surface area (Å²) in [6.45, 7) is 0. The van der Waals surface area contributed by atoms with Crippen molar-refractivity contribution in [2.24, 2.45) is 0 Å². The highest BCUT2D eigenvalue weighted by molar-refractivity contribution is 6.20. The van der Waals surface area contributed by atoms with Crippen molar-refractivity contribution in [2.75, 3.05) is 14.7 Å². The third kappa shape index (κ3) is 11.5. The molecule has 0 amide bonds. The molecule has 24 aromatic rings. The van der Waals surface area contributed by atoms with E-state index in [4.69, 9.17) is 19.9 Å². The van der Waals surface area contributed by atoms with Crippen LogP contribution in [-0.2, 0) is 0 Å². The van der Waals surface area contributed by atoms with E-state index in [-0.39, 0.29) is 0 Å². The predicted octanol–water partition coefficient (Wildman–Crippen LogP) is 29.5. The highest BCUT2D eigenvalue weighted by Gasteiger charge is 2.33. The van der Waals surface area contributed by atoms with Crippen LogP contribution in [0.1, 0.15) is 0 Å². The number of para-hydroxylation sites is 7. The fourth-order valence-electron chi connectivity index (χ4n) is 19.8. The number of nitrogens with zero attached hydrogens (tertiary/aromatic N) is 12. The van der Waals surface area contributed by atoms with Crippen LogP contribution in [0.15, 0.2) is 438 Å². The first-order chi connectivity index (χ1) is 62.5. The Bertz CT molecular complexity index is 7700. The molecule has 0 radical (unpaired) electrons. The van der Waals surface area contributed by atoms with E-state index in [0.29, 0.717) is 0 Å². The average Bonchev–Trinajstić information content (AvgIpc) is 1.13. The Morgan fingerprint density at radius 3 is 1.09 bits per heavy atom. The van der Waals surface area contributed by atoms with Gasteiger partial charge in [0.15, 0.2) is 0 Å². The van der Waals surface area contributed by atoms with E-state index in [1.165, 1.54) is 120 Å². The molecule has 0 spiro atoms. The Balaban J connectivity index is 0.000000103. The molecule has 9 heterocycles. The Morgan fingerprint density at radius 2 is 0.571 bits per heavy atom. The third-order valence-corrected chi connectivity index (χ3v) is 25.2. The van der Waals surface area contributed by atoms with Crippen LogP contribution >= 0.6 is 0 Å². The highest BCUT2D eigenvalue weighted by atomic mass is 15.2. The standard InChI is InChI=1S/3C38H24N4/c1-3-11-25(12-4-1)26-21-32-30-16-8-10-18-35(30)42(38-37(32)33(22-26)39-24-40-38)28-19-20-36-31(23-28)29-15-7-9-17-34(29)41(36)27-13-5-2-6-14-27;1-3-10-25(11-4-1)27-20-26-12-9-17-36-37(26)32(21-27)33-23-39-24-40-38(33)42(36)29-18-19-35-31(22-29)30-15-7-8-16-34(30)41(35)28-13-5-2-6-14-28;1-3-10-25(11-4-1)27-20-26-12-9-17-35-37(26)32(21-27)38-36(23-39-24-40-38)42(35)29-18-19-34-31(22-29)30-15-7-8-16-33(30)41(34)28-13-5-2-6-14-28/h3*1-24H. The van der Waals surface area contributed by atoms with Crippen molar-refractivity contribution in [1.82, 2.24) is 43.6 Å². The van der Waals surface area contributed by atoms with Gasteiger partial charge in [0.2, 0.25) is 0 Å². The van der Waals surface area contributed by atoms with Gasteiger partial charge in [-0.1, -0.05) is 243 Å². The SMILES string of the molecule is c1ccc(-c2cc3c4c(cccc4c2)N(c2ccc4c(c2)c2ccccc2n4-c2ccccc2)c2cncnc2-3)cc1.c1ccc(-c2cc3c4c(cccc4c2)N(c2ccc4c(c2)c2ccccc2n4-c2ccccc2)c2ncncc2-3)cc1.c1ccc(-c2cc3c4c(ncnc4c2)N(c2ccc4c(c2)c2ccccc2n4-c2ccccc2)c2ccccc2-3)cc1. The molecule has 0 unspecified atom stereocenters. The van der Waals surface area contributed by atoms with E-state index >= 15 is 0 Å². The van der Waals surface area contributed by atoms with Crippen molar-refractivity contribution in [3.63, 3.8) is 0 Å². The molecule has 126 heavy (non-hydrogen) atoms. The fourth-order valence-corrected chi connectivity index (χ4v) is 19.8. The molecule has 0 bridgehead atoms. The van der Waals surface area contributed by atoms with Gasteiger partial charge in [-0.15, -0.1) is 0 Å². The zero-order chi connectivity index (χ0) is 82.9. The zero-order valence-corrected chi connectivity index (χ0v) is 67.9. The van der Waals surface area contributed by atoms with Gasteiger partial charge < -0.3 is 18.6 Å². The summed E-state index contributed by atoms with van der Waals surface area (Å²) < 4.78 is 7.05. The minimum Gasteiger partial charge on any atom is -0.309 e. The lowest BCUT2D eigenvalue weighted by Gasteiger charge is -2.32. The number of fused-ring (bicyclic) bond motifs is 15. The van der Waals surface area contributed by atoms with Crippen molar-refractivity contribution in [1.29, 1.82) is 0 Å². The highest BCUT2D eigenvalue weighted by Crippen LogP contribution is 2.56. The Morgan fingerprint density at radius 1 is 0.190 bits per heavy atom. The Labute approximate surface area is 724 Å². The Kier molecular flexibility index (Phi) is 16.7. The molecule has 6 aromatic heterocycles. The molecule has 18 aromatic carbocycles. The van der Waals surface area contributed by atoms with Gasteiger partial charge in [-0.25, -0.2) is 29.9 Å². The summed E-state index contributed by atoms with van der Waals surface area (Å²) in [4.78, 5) is 35.3. The van der Waals surface area contributed by atoms with Crippen LogP contribution in [0.3, 0.4) is 0 Å². The van der Waals surface area contributed by atoms with Gasteiger partial charge >= 0.3 is 0 Å². The molecule has 0 aliphatic carbocycles. The van der Waals surface area contributed by atoms with Crippen LogP contribution in [-0.4, -0.2) is 43.6 Å². The van der Waals surface area contributed by atoms with Crippen molar-refractivity contribution >= 4 is 149 Å². The lowest BCUT2D eigenvalue weighted by atomic mass is 9.90. The van der Waals surface area contributed by atoms with Gasteiger partial charge in [0.1, 0.15) is 30.6 Å². The molecular formula is C114H72N12. The molecule has 27 rings (SSSR count). The molecule has 12 heteroatoms. The van der Waals surface area contributed by atoms with Crippen LogP contribution in [0.25, 0.3) is 182 Å². The van der Waals surface area contributed by atoms with E-state index in [0.717, 1.165) is 113 Å². The number of aromatic nitrogens is 9. The maximum absolute atomic E-state index is 4.90. The summed E-state index contributed by atoms with van der Waals surface area (Å²) in [5, 5.41) is 13.2. The fraction of sp³-hybridized carbons (Fsp3) is 0. The van der Waals surface area contributed by atoms with Gasteiger partial charge in [0, 0.05) is 100 Å². The van der Waals surface area contributed by atoms with Crippen molar-refractivity contribution in [3.05, 3.63) is 438 Å². The minimum atomic E-state index is 0.890. The van der Waals surface area contributed by atoms with Crippen LogP contribution in [0, 0.1) is 0 Å². The van der Waals surface area contributed by atoms with E-state index in [1.54, 1.807) is 19.0 Å². The monoisotopic (exact) mass is 1610 g/mol. The molecule has 3 aliphatic rings. The molecule has 0 N–H and O–H groups in total. The number of hydrogen-bond donors (Lipinski definition) is 0. The second-order valence-corrected chi connectivity index (χ2v) is 32.2. The second kappa shape index (κ2) is 29.3. The molecule has 0 atom stereocenters. The van der Waals surface area contributed by atoms with E-state index < -0.39 is 0 Å². The van der Waals surface area contributed by atoms with Gasteiger partial charge in [0.05, 0.1) is 78.6 Å². The van der Waals surface area contributed by atoms with Gasteiger partial charge in [-0.2, -0.15) is 0 Å². The first-order valence-corrected chi connectivity index (χ1v) is 42.5. The normalized spacial score (nSPS) is 12.2. The van der Waals surface area contributed by atoms with E-state index in [2.05, 4.69) is 445 Å². The summed E-state index contributed by atoms with van der Waals surface area (Å²) in [6.07, 6.45) is 8.89. The largest absolute Gasteiger partial charge is 0.309 e. The summed E-state index contributed by atoms with van der Waals surface area (Å²) in [6, 6.07) is 145. The first-order valence-electron chi connectivity index (χ1n) is 42.5. The summed E-state index contributed by atoms with van der Waals surface area (Å²) in [5.74, 6) is 1.79. The Hall–Kier alpha value is -17.2. The summed E-state index contributed by atoms with van der Waals surface area (Å²) in [5.41, 5.74) is 32.8. The van der Waals surface area contributed by atoms with E-state index in [9.17, 15) is 0 Å². The molecule has 588 valence electrons. The number of rotatable bonds is 9. The quantitative estimate of drug-likeness (QED) is 0.140. The molecule has 0 saturated carbocycles. The minimum absolute atomic E-state index is 0.890. The lowest BCUT2D eigenvalue weighted by molar-refractivity contribution is 1.11. The smallest absolute Gasteiger partial charge is 0.149 e. The molecule has 3 aliphatic heterocycles. The lowest BCUT2D eigenvalue weighted by Crippen LogP contribution is -2.16. The van der Waals surface area contributed by atoms with Crippen LogP contribution in [0.2, 0.25) is 0 Å². The van der Waals surface area contributed by atoms with E-state index in [1.807, 2.05) is 12.4 Å². The molecule has 0 saturated heterocycles. The zero-order valence-electron chi connectivity index (χ0n) is 67.9. The van der Waals surface area contributed by atoms with Crippen molar-refractivity contribution < 1.29 is 0 Å². The number of anilines is 9. The first kappa shape index (κ1) is 71.7. The van der Waals surface area contributed by atoms with Crippen LogP contribution in [0.5, 0.6) is 0 Å². The van der Waals surface area contributed by atoms with Gasteiger partial charge in [-0.05, 0) is 219 Å². The van der Waals surface area contributed by atoms with Gasteiger partial charge in [0.25, 0.3) is 0 Å². The van der Waals surface area contributed by atoms with Crippen LogP contribution < -0.4 is 14.7 Å². The number of benzene rings is 18. The summed E-state index contributed by atoms with van der Waals surface area (Å²) >= 11 is 0. The number of hydrogen-bond acceptors (Lipinski definition) is 9. The van der Waals surface area contributed by atoms with Crippen LogP contribution in [0.4, 0.5) is 51.4 Å². The van der Waals surface area contributed by atoms with Gasteiger partial charge in [-0.3, -0.25) is 9.80 Å². The van der Waals surface area contributed by atoms with Crippen molar-refractivity contribution in [3.8, 4) is 84.0 Å². The molecule has 0 fully saturated rings. The molecule has 12 nitrogen and oxygen atoms in total. The average molecular weight is 1610 g/mol. The topological polar surface area (TPSA) is 102 Å². The maximum Gasteiger partial charge on any atom is 0.149 e. The predicted molar refractivity (Wildman–Crippen MR) is 519 cm³/mol.